The lowest BCUT2D eigenvalue weighted by molar-refractivity contribution is 0.269. The number of rotatable bonds is 11. The molecule has 0 saturated carbocycles. The van der Waals surface area contributed by atoms with E-state index >= 15 is 0 Å². The van der Waals surface area contributed by atoms with Gasteiger partial charge in [-0.3, -0.25) is 0 Å². The quantitative estimate of drug-likeness (QED) is 0.154. The number of hydrogen-bond donors (Lipinski definition) is 2. The largest absolute Gasteiger partial charge is 0.485 e. The van der Waals surface area contributed by atoms with Crippen molar-refractivity contribution >= 4 is 33.0 Å². The third-order valence-corrected chi connectivity index (χ3v) is 6.55. The van der Waals surface area contributed by atoms with E-state index in [-0.39, 0.29) is 0 Å². The Hall–Kier alpha value is -4.49. The number of halogens is 1. The van der Waals surface area contributed by atoms with Gasteiger partial charge in [-0.15, -0.1) is 0 Å². The van der Waals surface area contributed by atoms with E-state index in [9.17, 15) is 0 Å². The number of nitrogens with zero attached hydrogens (tertiary/aromatic N) is 1. The van der Waals surface area contributed by atoms with E-state index in [0.717, 1.165) is 21.2 Å². The van der Waals surface area contributed by atoms with Gasteiger partial charge in [0.15, 0.2) is 5.75 Å². The molecule has 39 heavy (non-hydrogen) atoms. The van der Waals surface area contributed by atoms with Crippen LogP contribution in [0.3, 0.4) is 0 Å². The lowest BCUT2D eigenvalue weighted by Crippen LogP contribution is -2.06. The number of benzene rings is 4. The minimum absolute atomic E-state index is 0.353. The van der Waals surface area contributed by atoms with Crippen molar-refractivity contribution in [1.29, 1.82) is 0 Å². The lowest BCUT2D eigenvalue weighted by Gasteiger charge is -2.18. The van der Waals surface area contributed by atoms with Gasteiger partial charge in [0.05, 0.1) is 15.8 Å². The van der Waals surface area contributed by atoms with Crippen LogP contribution in [0.5, 0.6) is 17.5 Å². The average molecular weight is 582 g/mol. The van der Waals surface area contributed by atoms with Crippen LogP contribution in [0.2, 0.25) is 0 Å². The lowest BCUT2D eigenvalue weighted by atomic mass is 10.2. The number of anilines is 3. The van der Waals surface area contributed by atoms with Crippen molar-refractivity contribution in [2.24, 2.45) is 0 Å². The minimum Gasteiger partial charge on any atom is -0.485 e. The molecular weight excluding hydrogens is 554 g/mol. The standard InChI is InChI=1S/C32H28BrN3O3/c33-26-16-17-27(30(34)31(26)38-21-24-12-6-2-7-13-24)35-28-18-19-29(37-20-23-10-4-1-5-11-23)36-32(28)39-22-25-14-8-3-9-15-25/h1-19,35H,20-22,34H2. The van der Waals surface area contributed by atoms with Gasteiger partial charge < -0.3 is 25.3 Å². The summed E-state index contributed by atoms with van der Waals surface area (Å²) >= 11 is 3.57. The second-order valence-electron chi connectivity index (χ2n) is 8.79. The molecule has 0 saturated heterocycles. The van der Waals surface area contributed by atoms with Gasteiger partial charge in [-0.25, -0.2) is 0 Å². The zero-order chi connectivity index (χ0) is 26.9. The summed E-state index contributed by atoms with van der Waals surface area (Å²) in [6.07, 6.45) is 0. The summed E-state index contributed by atoms with van der Waals surface area (Å²) in [7, 11) is 0. The second kappa shape index (κ2) is 12.8. The number of nitrogens with one attached hydrogen (secondary N) is 1. The summed E-state index contributed by atoms with van der Waals surface area (Å²) in [6.45, 7) is 1.15. The Morgan fingerprint density at radius 2 is 1.10 bits per heavy atom. The van der Waals surface area contributed by atoms with Crippen LogP contribution in [0.4, 0.5) is 17.1 Å². The molecule has 7 heteroatoms. The van der Waals surface area contributed by atoms with Gasteiger partial charge in [-0.1, -0.05) is 91.0 Å². The molecule has 196 valence electrons. The smallest absolute Gasteiger partial charge is 0.241 e. The Morgan fingerprint density at radius 3 is 1.69 bits per heavy atom. The fourth-order valence-corrected chi connectivity index (χ4v) is 4.33. The van der Waals surface area contributed by atoms with Crippen molar-refractivity contribution in [3.8, 4) is 17.5 Å². The molecule has 0 unspecified atom stereocenters. The summed E-state index contributed by atoms with van der Waals surface area (Å²) in [5.74, 6) is 1.42. The van der Waals surface area contributed by atoms with Gasteiger partial charge in [0.25, 0.3) is 0 Å². The molecule has 0 bridgehead atoms. The molecule has 3 N–H and O–H groups in total. The first-order valence-electron chi connectivity index (χ1n) is 12.5. The molecule has 4 aromatic carbocycles. The topological polar surface area (TPSA) is 78.6 Å². The molecule has 0 atom stereocenters. The molecule has 0 fully saturated rings. The van der Waals surface area contributed by atoms with Crippen LogP contribution in [0, 0.1) is 0 Å². The van der Waals surface area contributed by atoms with Crippen LogP contribution < -0.4 is 25.3 Å². The summed E-state index contributed by atoms with van der Waals surface area (Å²) < 4.78 is 19.0. The molecule has 0 spiro atoms. The minimum atomic E-state index is 0.353. The van der Waals surface area contributed by atoms with E-state index in [1.54, 1.807) is 0 Å². The maximum absolute atomic E-state index is 6.55. The predicted octanol–water partition coefficient (Wildman–Crippen LogP) is 7.91. The number of ether oxygens (including phenoxy) is 3. The maximum atomic E-state index is 6.55. The van der Waals surface area contributed by atoms with Gasteiger partial charge in [-0.2, -0.15) is 4.98 Å². The van der Waals surface area contributed by atoms with Crippen molar-refractivity contribution in [2.45, 2.75) is 19.8 Å². The molecule has 6 nitrogen and oxygen atoms in total. The van der Waals surface area contributed by atoms with E-state index < -0.39 is 0 Å². The van der Waals surface area contributed by atoms with Crippen LogP contribution in [0.15, 0.2) is 120 Å². The first-order valence-corrected chi connectivity index (χ1v) is 13.3. The molecular formula is C32H28BrN3O3. The van der Waals surface area contributed by atoms with Gasteiger partial charge in [0.2, 0.25) is 11.8 Å². The third kappa shape index (κ3) is 7.09. The first-order chi connectivity index (χ1) is 19.2. The number of nitrogen functional groups attached to an aromatic ring is 1. The Kier molecular flexibility index (Phi) is 8.61. The van der Waals surface area contributed by atoms with Crippen molar-refractivity contribution in [1.82, 2.24) is 4.98 Å². The zero-order valence-electron chi connectivity index (χ0n) is 21.2. The third-order valence-electron chi connectivity index (χ3n) is 5.93. The molecule has 5 aromatic rings. The highest BCUT2D eigenvalue weighted by atomic mass is 79.9. The van der Waals surface area contributed by atoms with E-state index in [4.69, 9.17) is 19.9 Å². The Balaban J connectivity index is 1.37. The van der Waals surface area contributed by atoms with Crippen molar-refractivity contribution in [3.63, 3.8) is 0 Å². The van der Waals surface area contributed by atoms with E-state index in [0.29, 0.717) is 54.4 Å². The Morgan fingerprint density at radius 1 is 0.590 bits per heavy atom. The Bertz CT molecular complexity index is 1500. The molecule has 5 rings (SSSR count). The number of aromatic nitrogens is 1. The number of nitrogens with two attached hydrogens (primary N) is 1. The van der Waals surface area contributed by atoms with Crippen LogP contribution in [0.25, 0.3) is 0 Å². The summed E-state index contributed by atoms with van der Waals surface area (Å²) in [4.78, 5) is 4.66. The van der Waals surface area contributed by atoms with Crippen LogP contribution in [0.1, 0.15) is 16.7 Å². The van der Waals surface area contributed by atoms with Gasteiger partial charge in [0, 0.05) is 6.07 Å². The average Bonchev–Trinajstić information content (AvgIpc) is 2.98. The molecule has 0 radical (unpaired) electrons. The van der Waals surface area contributed by atoms with Crippen LogP contribution in [-0.4, -0.2) is 4.98 Å². The van der Waals surface area contributed by atoms with Crippen molar-refractivity contribution in [3.05, 3.63) is 136 Å². The van der Waals surface area contributed by atoms with Gasteiger partial charge in [0.1, 0.15) is 25.5 Å². The summed E-state index contributed by atoms with van der Waals surface area (Å²) in [5.41, 5.74) is 11.5. The summed E-state index contributed by atoms with van der Waals surface area (Å²) in [5, 5.41) is 3.38. The predicted molar refractivity (Wildman–Crippen MR) is 158 cm³/mol. The number of pyridine rings is 1. The van der Waals surface area contributed by atoms with Gasteiger partial charge >= 0.3 is 0 Å². The number of hydrogen-bond acceptors (Lipinski definition) is 6. The Labute approximate surface area is 236 Å². The van der Waals surface area contributed by atoms with E-state index in [2.05, 4.69) is 26.2 Å². The summed E-state index contributed by atoms with van der Waals surface area (Å²) in [6, 6.07) is 37.3. The highest BCUT2D eigenvalue weighted by molar-refractivity contribution is 9.10. The molecule has 1 heterocycles. The normalized spacial score (nSPS) is 10.6. The second-order valence-corrected chi connectivity index (χ2v) is 9.64. The van der Waals surface area contributed by atoms with Gasteiger partial charge in [-0.05, 0) is 50.8 Å². The van der Waals surface area contributed by atoms with E-state index in [1.165, 1.54) is 0 Å². The molecule has 0 aliphatic carbocycles. The fraction of sp³-hybridized carbons (Fsp3) is 0.0938. The zero-order valence-corrected chi connectivity index (χ0v) is 22.8. The first kappa shape index (κ1) is 26.1. The highest BCUT2D eigenvalue weighted by Gasteiger charge is 2.15. The molecule has 0 aliphatic heterocycles. The van der Waals surface area contributed by atoms with E-state index in [1.807, 2.05) is 115 Å². The SMILES string of the molecule is Nc1c(Nc2ccc(OCc3ccccc3)nc2OCc2ccccc2)ccc(Br)c1OCc1ccccc1. The van der Waals surface area contributed by atoms with Crippen molar-refractivity contribution in [2.75, 3.05) is 11.1 Å². The molecule has 0 aliphatic rings. The maximum Gasteiger partial charge on any atom is 0.241 e. The monoisotopic (exact) mass is 581 g/mol. The van der Waals surface area contributed by atoms with Crippen LogP contribution >= 0.6 is 15.9 Å². The molecule has 0 amide bonds. The highest BCUT2D eigenvalue weighted by Crippen LogP contribution is 2.40. The van der Waals surface area contributed by atoms with Crippen LogP contribution in [-0.2, 0) is 19.8 Å². The van der Waals surface area contributed by atoms with Crippen molar-refractivity contribution < 1.29 is 14.2 Å². The molecule has 1 aromatic heterocycles. The fourth-order valence-electron chi connectivity index (χ4n) is 3.87.